The second-order valence-electron chi connectivity index (χ2n) is 3.03. The third-order valence-electron chi connectivity index (χ3n) is 1.94. The third kappa shape index (κ3) is 5.47. The Balaban J connectivity index is 0.000000557. The van der Waals surface area contributed by atoms with Crippen molar-refractivity contribution in [3.63, 3.8) is 0 Å². The van der Waals surface area contributed by atoms with Gasteiger partial charge in [0.15, 0.2) is 0 Å². The van der Waals surface area contributed by atoms with Crippen LogP contribution in [0.3, 0.4) is 0 Å². The minimum atomic E-state index is -1.50. The Kier molecular flexibility index (Phi) is 6.27. The smallest absolute Gasteiger partial charge is 0.337 e. The highest BCUT2D eigenvalue weighted by Crippen LogP contribution is 2.11. The number of esters is 1. The number of hydrogen-bond donors (Lipinski definition) is 2. The fraction of sp³-hybridized carbons (Fsp3) is 0.300. The van der Waals surface area contributed by atoms with Gasteiger partial charge in [0.05, 0.1) is 19.3 Å². The summed E-state index contributed by atoms with van der Waals surface area (Å²) in [5.41, 5.74) is 2.19. The van der Waals surface area contributed by atoms with Gasteiger partial charge < -0.3 is 15.1 Å². The Bertz CT molecular complexity index is 400. The van der Waals surface area contributed by atoms with Gasteiger partial charge in [-0.1, -0.05) is 6.07 Å². The lowest BCUT2D eigenvalue weighted by molar-refractivity contribution is -0.742. The van der Waals surface area contributed by atoms with E-state index in [2.05, 4.69) is 4.74 Å². The lowest BCUT2D eigenvalue weighted by Crippen LogP contribution is -2.02. The molecule has 17 heavy (non-hydrogen) atoms. The van der Waals surface area contributed by atoms with Gasteiger partial charge in [0, 0.05) is 0 Å². The summed E-state index contributed by atoms with van der Waals surface area (Å²) in [6, 6.07) is 5.11. The van der Waals surface area contributed by atoms with Crippen LogP contribution in [-0.2, 0) is 11.3 Å². The van der Waals surface area contributed by atoms with Crippen molar-refractivity contribution in [1.82, 2.24) is 0 Å². The predicted molar refractivity (Wildman–Crippen MR) is 57.2 cm³/mol. The van der Waals surface area contributed by atoms with Crippen LogP contribution < -0.4 is 0 Å². The van der Waals surface area contributed by atoms with Gasteiger partial charge in [-0.15, -0.1) is 10.1 Å². The lowest BCUT2D eigenvalue weighted by atomic mass is 10.1. The zero-order valence-corrected chi connectivity index (χ0v) is 9.41. The molecule has 0 saturated heterocycles. The normalized spacial score (nSPS) is 8.88. The van der Waals surface area contributed by atoms with Crippen LogP contribution in [0.1, 0.15) is 21.5 Å². The number of carbonyl (C=O) groups excluding carboxylic acids is 1. The molecule has 0 aliphatic rings. The van der Waals surface area contributed by atoms with E-state index in [1.54, 1.807) is 18.2 Å². The average Bonchev–Trinajstić information content (AvgIpc) is 2.28. The summed E-state index contributed by atoms with van der Waals surface area (Å²) in [7, 11) is 1.33. The molecule has 0 aromatic heterocycles. The van der Waals surface area contributed by atoms with E-state index < -0.39 is 5.09 Å². The minimum absolute atomic E-state index is 0.0589. The van der Waals surface area contributed by atoms with Gasteiger partial charge >= 0.3 is 5.97 Å². The Morgan fingerprint density at radius 2 is 2.06 bits per heavy atom. The first kappa shape index (κ1) is 14.8. The minimum Gasteiger partial charge on any atom is -0.465 e. The maximum Gasteiger partial charge on any atom is 0.337 e. The van der Waals surface area contributed by atoms with Gasteiger partial charge in [-0.2, -0.15) is 0 Å². The van der Waals surface area contributed by atoms with E-state index in [4.69, 9.17) is 20.4 Å². The quantitative estimate of drug-likeness (QED) is 0.454. The van der Waals surface area contributed by atoms with Crippen molar-refractivity contribution in [2.75, 3.05) is 7.11 Å². The molecular weight excluding hydrogens is 230 g/mol. The largest absolute Gasteiger partial charge is 0.465 e. The number of rotatable bonds is 2. The highest BCUT2D eigenvalue weighted by Gasteiger charge is 2.06. The molecule has 1 rings (SSSR count). The van der Waals surface area contributed by atoms with Crippen molar-refractivity contribution in [3.05, 3.63) is 45.0 Å². The van der Waals surface area contributed by atoms with E-state index in [-0.39, 0.29) is 12.6 Å². The van der Waals surface area contributed by atoms with Crippen LogP contribution in [0.25, 0.3) is 0 Å². The summed E-state index contributed by atoms with van der Waals surface area (Å²) in [6.45, 7) is 1.82. The van der Waals surface area contributed by atoms with Gasteiger partial charge in [0.2, 0.25) is 0 Å². The Morgan fingerprint density at radius 1 is 1.53 bits per heavy atom. The standard InChI is InChI=1S/C10H12O3.HNO3/c1-7-3-4-8(10(12)13-2)5-9(7)6-11;2-1(3)4/h3-5,11H,6H2,1-2H3;(H,2,3,4). The Morgan fingerprint density at radius 3 is 2.47 bits per heavy atom. The molecule has 0 aliphatic carbocycles. The molecule has 0 heterocycles. The first-order valence-corrected chi connectivity index (χ1v) is 4.54. The van der Waals surface area contributed by atoms with E-state index in [0.29, 0.717) is 5.56 Å². The summed E-state index contributed by atoms with van der Waals surface area (Å²) >= 11 is 0. The molecule has 1 aromatic carbocycles. The number of hydrogen-bond acceptors (Lipinski definition) is 5. The molecule has 0 spiro atoms. The molecule has 0 fully saturated rings. The van der Waals surface area contributed by atoms with Gasteiger partial charge in [-0.05, 0) is 30.2 Å². The zero-order valence-electron chi connectivity index (χ0n) is 9.41. The number of ether oxygens (including phenoxy) is 1. The number of carbonyl (C=O) groups is 1. The van der Waals surface area contributed by atoms with Crippen LogP contribution in [-0.4, -0.2) is 28.5 Å². The first-order chi connectivity index (χ1) is 7.92. The van der Waals surface area contributed by atoms with Gasteiger partial charge in [0.25, 0.3) is 5.09 Å². The monoisotopic (exact) mass is 243 g/mol. The summed E-state index contributed by atoms with van der Waals surface area (Å²) in [5, 5.41) is 22.6. The maximum absolute atomic E-state index is 11.1. The van der Waals surface area contributed by atoms with E-state index in [1.807, 2.05) is 6.92 Å². The van der Waals surface area contributed by atoms with Crippen molar-refractivity contribution in [2.45, 2.75) is 13.5 Å². The zero-order chi connectivity index (χ0) is 13.4. The molecule has 7 heteroatoms. The molecule has 1 aromatic rings. The second kappa shape index (κ2) is 7.18. The highest BCUT2D eigenvalue weighted by molar-refractivity contribution is 5.89. The van der Waals surface area contributed by atoms with E-state index in [0.717, 1.165) is 11.1 Å². The predicted octanol–water partition coefficient (Wildman–Crippen LogP) is 0.926. The Hall–Kier alpha value is -2.15. The number of aliphatic hydroxyl groups excluding tert-OH is 1. The summed E-state index contributed by atoms with van der Waals surface area (Å²) < 4.78 is 4.56. The van der Waals surface area contributed by atoms with Crippen molar-refractivity contribution in [1.29, 1.82) is 0 Å². The molecule has 0 atom stereocenters. The molecule has 0 aliphatic heterocycles. The SMILES string of the molecule is COC(=O)c1ccc(C)c(CO)c1.O=[N+]([O-])O. The van der Waals surface area contributed by atoms with Crippen molar-refractivity contribution < 1.29 is 24.9 Å². The van der Waals surface area contributed by atoms with Crippen molar-refractivity contribution in [3.8, 4) is 0 Å². The second-order valence-corrected chi connectivity index (χ2v) is 3.03. The molecule has 0 radical (unpaired) electrons. The van der Waals surface area contributed by atoms with E-state index in [1.165, 1.54) is 7.11 Å². The van der Waals surface area contributed by atoms with E-state index >= 15 is 0 Å². The number of nitrogens with zero attached hydrogens (tertiary/aromatic N) is 1. The Labute approximate surface area is 97.4 Å². The average molecular weight is 243 g/mol. The van der Waals surface area contributed by atoms with E-state index in [9.17, 15) is 4.79 Å². The van der Waals surface area contributed by atoms with Crippen LogP contribution in [0.2, 0.25) is 0 Å². The van der Waals surface area contributed by atoms with Gasteiger partial charge in [0.1, 0.15) is 0 Å². The van der Waals surface area contributed by atoms with Crippen LogP contribution in [0.4, 0.5) is 0 Å². The van der Waals surface area contributed by atoms with Gasteiger partial charge in [-0.3, -0.25) is 0 Å². The topological polar surface area (TPSA) is 110 Å². The summed E-state index contributed by atoms with van der Waals surface area (Å²) in [5.74, 6) is -0.380. The number of aryl methyl sites for hydroxylation is 1. The number of benzene rings is 1. The van der Waals surface area contributed by atoms with Crippen LogP contribution in [0.5, 0.6) is 0 Å². The highest BCUT2D eigenvalue weighted by atomic mass is 16.9. The molecule has 94 valence electrons. The van der Waals surface area contributed by atoms with Crippen molar-refractivity contribution in [2.24, 2.45) is 0 Å². The fourth-order valence-corrected chi connectivity index (χ4v) is 1.09. The van der Waals surface area contributed by atoms with Crippen molar-refractivity contribution >= 4 is 5.97 Å². The fourth-order valence-electron chi connectivity index (χ4n) is 1.09. The molecule has 0 amide bonds. The maximum atomic E-state index is 11.1. The summed E-state index contributed by atoms with van der Waals surface area (Å²) in [4.78, 5) is 19.5. The third-order valence-corrected chi connectivity index (χ3v) is 1.94. The van der Waals surface area contributed by atoms with Gasteiger partial charge in [-0.25, -0.2) is 4.79 Å². The summed E-state index contributed by atoms with van der Waals surface area (Å²) in [6.07, 6.45) is 0. The lowest BCUT2D eigenvalue weighted by Gasteiger charge is -2.04. The molecule has 2 N–H and O–H groups in total. The number of methoxy groups -OCH3 is 1. The van der Waals surface area contributed by atoms with Crippen LogP contribution >= 0.6 is 0 Å². The molecule has 0 unspecified atom stereocenters. The molecular formula is C10H13NO6. The number of aliphatic hydroxyl groups is 1. The molecule has 0 bridgehead atoms. The molecule has 0 saturated carbocycles. The van der Waals surface area contributed by atoms with Crippen LogP contribution in [0.15, 0.2) is 18.2 Å². The van der Waals surface area contributed by atoms with Crippen LogP contribution in [0, 0.1) is 17.0 Å². The first-order valence-electron chi connectivity index (χ1n) is 4.54. The molecule has 7 nitrogen and oxygen atoms in total.